The lowest BCUT2D eigenvalue weighted by atomic mass is 10.1. The van der Waals surface area contributed by atoms with Gasteiger partial charge in [-0.05, 0) is 24.5 Å². The molecule has 2 aromatic rings. The zero-order chi connectivity index (χ0) is 15.9. The van der Waals surface area contributed by atoms with E-state index in [-0.39, 0.29) is 0 Å². The average Bonchev–Trinajstić information content (AvgIpc) is 3.11. The van der Waals surface area contributed by atoms with E-state index in [0.717, 1.165) is 34.7 Å². The van der Waals surface area contributed by atoms with Crippen LogP contribution in [-0.4, -0.2) is 24.7 Å². The molecule has 0 radical (unpaired) electrons. The quantitative estimate of drug-likeness (QED) is 0.624. The predicted molar refractivity (Wildman–Crippen MR) is 91.8 cm³/mol. The Hall–Kier alpha value is -1.53. The van der Waals surface area contributed by atoms with Gasteiger partial charge in [0.25, 0.3) is 0 Å². The lowest BCUT2D eigenvalue weighted by Gasteiger charge is -2.09. The van der Waals surface area contributed by atoms with E-state index in [1.54, 1.807) is 18.4 Å². The third-order valence-corrected chi connectivity index (χ3v) is 4.41. The number of aromatic nitrogens is 1. The molecule has 2 N–H and O–H groups in total. The van der Waals surface area contributed by atoms with Crippen molar-refractivity contribution in [3.63, 3.8) is 0 Å². The largest absolute Gasteiger partial charge is 0.359 e. The zero-order valence-electron chi connectivity index (χ0n) is 13.0. The highest BCUT2D eigenvalue weighted by atomic mass is 35.5. The lowest BCUT2D eigenvalue weighted by molar-refractivity contribution is 0.372. The Morgan fingerprint density at radius 1 is 1.41 bits per heavy atom. The Morgan fingerprint density at radius 3 is 2.82 bits per heavy atom. The smallest absolute Gasteiger partial charge is 0.191 e. The van der Waals surface area contributed by atoms with Crippen LogP contribution in [-0.2, 0) is 13.0 Å². The van der Waals surface area contributed by atoms with Crippen molar-refractivity contribution < 1.29 is 4.52 Å². The molecule has 0 spiro atoms. The van der Waals surface area contributed by atoms with E-state index in [0.29, 0.717) is 12.5 Å². The number of rotatable bonds is 6. The summed E-state index contributed by atoms with van der Waals surface area (Å²) in [5, 5.41) is 10.5. The maximum absolute atomic E-state index is 5.92. The molecule has 0 aliphatic heterocycles. The van der Waals surface area contributed by atoms with Crippen molar-refractivity contribution in [3.05, 3.63) is 38.9 Å². The van der Waals surface area contributed by atoms with E-state index in [2.05, 4.69) is 34.6 Å². The van der Waals surface area contributed by atoms with Gasteiger partial charge in [-0.3, -0.25) is 4.99 Å². The second-order valence-corrected chi connectivity index (χ2v) is 6.98. The molecule has 0 saturated carbocycles. The van der Waals surface area contributed by atoms with Crippen molar-refractivity contribution in [1.29, 1.82) is 0 Å². The minimum atomic E-state index is 0.368. The maximum Gasteiger partial charge on any atom is 0.191 e. The van der Waals surface area contributed by atoms with Gasteiger partial charge < -0.3 is 15.2 Å². The number of guanidine groups is 1. The fraction of sp³-hybridized carbons (Fsp3) is 0.467. The minimum absolute atomic E-state index is 0.368. The van der Waals surface area contributed by atoms with Crippen LogP contribution in [0, 0.1) is 0 Å². The standard InChI is InChI=1S/C15H21ClN4OS/c1-10(2)13-8-11(21-20-13)9-19-15(17-3)18-7-6-12-4-5-14(16)22-12/h4-5,8,10H,6-7,9H2,1-3H3,(H2,17,18,19). The van der Waals surface area contributed by atoms with Gasteiger partial charge in [0.15, 0.2) is 11.7 Å². The summed E-state index contributed by atoms with van der Waals surface area (Å²) in [6.45, 7) is 5.53. The van der Waals surface area contributed by atoms with Gasteiger partial charge in [-0.2, -0.15) is 0 Å². The molecule has 5 nitrogen and oxygen atoms in total. The summed E-state index contributed by atoms with van der Waals surface area (Å²) in [7, 11) is 1.75. The van der Waals surface area contributed by atoms with Crippen molar-refractivity contribution in [2.45, 2.75) is 32.7 Å². The van der Waals surface area contributed by atoms with Crippen LogP contribution >= 0.6 is 22.9 Å². The fourth-order valence-electron chi connectivity index (χ4n) is 1.87. The molecule has 7 heteroatoms. The maximum atomic E-state index is 5.92. The van der Waals surface area contributed by atoms with E-state index in [9.17, 15) is 0 Å². The highest BCUT2D eigenvalue weighted by Crippen LogP contribution is 2.21. The predicted octanol–water partition coefficient (Wildman–Crippen LogP) is 3.42. The first kappa shape index (κ1) is 16.8. The Bertz CT molecular complexity index is 621. The van der Waals surface area contributed by atoms with Crippen LogP contribution in [0.25, 0.3) is 0 Å². The Kier molecular flexibility index (Phi) is 6.27. The molecular weight excluding hydrogens is 320 g/mol. The van der Waals surface area contributed by atoms with E-state index in [1.165, 1.54) is 4.88 Å². The molecule has 0 fully saturated rings. The summed E-state index contributed by atoms with van der Waals surface area (Å²) in [4.78, 5) is 5.45. The number of aliphatic imine (C=N–C) groups is 1. The molecule has 2 rings (SSSR count). The van der Waals surface area contributed by atoms with E-state index in [4.69, 9.17) is 16.1 Å². The summed E-state index contributed by atoms with van der Waals surface area (Å²) in [6.07, 6.45) is 0.915. The van der Waals surface area contributed by atoms with Gasteiger partial charge >= 0.3 is 0 Å². The average molecular weight is 341 g/mol. The summed E-state index contributed by atoms with van der Waals surface area (Å²) in [5.74, 6) is 1.91. The summed E-state index contributed by atoms with van der Waals surface area (Å²) >= 11 is 7.52. The normalized spacial score (nSPS) is 12.0. The molecule has 22 heavy (non-hydrogen) atoms. The molecular formula is C15H21ClN4OS. The molecule has 0 saturated heterocycles. The van der Waals surface area contributed by atoms with Gasteiger partial charge in [0.2, 0.25) is 0 Å². The van der Waals surface area contributed by atoms with Gasteiger partial charge in [-0.15, -0.1) is 11.3 Å². The van der Waals surface area contributed by atoms with E-state index in [1.807, 2.05) is 18.2 Å². The topological polar surface area (TPSA) is 62.5 Å². The molecule has 0 aliphatic rings. The van der Waals surface area contributed by atoms with Crippen molar-refractivity contribution in [2.24, 2.45) is 4.99 Å². The first-order chi connectivity index (χ1) is 10.6. The van der Waals surface area contributed by atoms with Crippen molar-refractivity contribution in [3.8, 4) is 0 Å². The van der Waals surface area contributed by atoms with Crippen molar-refractivity contribution >= 4 is 28.9 Å². The SMILES string of the molecule is CN=C(NCCc1ccc(Cl)s1)NCc1cc(C(C)C)no1. The number of nitrogens with one attached hydrogen (secondary N) is 2. The number of hydrogen-bond acceptors (Lipinski definition) is 4. The number of nitrogens with zero attached hydrogens (tertiary/aromatic N) is 2. The molecule has 120 valence electrons. The number of thiophene rings is 1. The first-order valence-electron chi connectivity index (χ1n) is 7.22. The summed E-state index contributed by atoms with van der Waals surface area (Å²) in [5.41, 5.74) is 0.967. The van der Waals surface area contributed by atoms with E-state index >= 15 is 0 Å². The van der Waals surface area contributed by atoms with Crippen LogP contribution in [0.1, 0.15) is 36.1 Å². The van der Waals surface area contributed by atoms with Crippen molar-refractivity contribution in [2.75, 3.05) is 13.6 Å². The fourth-order valence-corrected chi connectivity index (χ4v) is 2.95. The molecule has 0 aliphatic carbocycles. The summed E-state index contributed by atoms with van der Waals surface area (Å²) in [6, 6.07) is 5.94. The highest BCUT2D eigenvalue weighted by molar-refractivity contribution is 7.16. The molecule has 2 heterocycles. The molecule has 0 bridgehead atoms. The minimum Gasteiger partial charge on any atom is -0.359 e. The van der Waals surface area contributed by atoms with E-state index < -0.39 is 0 Å². The zero-order valence-corrected chi connectivity index (χ0v) is 14.6. The number of hydrogen-bond donors (Lipinski definition) is 2. The molecule has 0 unspecified atom stereocenters. The van der Waals surface area contributed by atoms with Crippen LogP contribution in [0.15, 0.2) is 27.7 Å². The van der Waals surface area contributed by atoms with Gasteiger partial charge in [0.05, 0.1) is 16.6 Å². The Labute approximate surface area is 139 Å². The second-order valence-electron chi connectivity index (χ2n) is 5.18. The van der Waals surface area contributed by atoms with Crippen LogP contribution in [0.4, 0.5) is 0 Å². The third kappa shape index (κ3) is 5.03. The van der Waals surface area contributed by atoms with Gasteiger partial charge in [0.1, 0.15) is 0 Å². The molecule has 2 aromatic heterocycles. The van der Waals surface area contributed by atoms with Crippen molar-refractivity contribution in [1.82, 2.24) is 15.8 Å². The van der Waals surface area contributed by atoms with Gasteiger partial charge in [-0.25, -0.2) is 0 Å². The number of halogens is 1. The van der Waals surface area contributed by atoms with Crippen LogP contribution in [0.2, 0.25) is 4.34 Å². The Morgan fingerprint density at radius 2 is 2.23 bits per heavy atom. The lowest BCUT2D eigenvalue weighted by Crippen LogP contribution is -2.37. The van der Waals surface area contributed by atoms with Gasteiger partial charge in [-0.1, -0.05) is 30.6 Å². The second kappa shape index (κ2) is 8.19. The Balaban J connectivity index is 1.74. The summed E-state index contributed by atoms with van der Waals surface area (Å²) < 4.78 is 6.11. The highest BCUT2D eigenvalue weighted by Gasteiger charge is 2.08. The monoisotopic (exact) mass is 340 g/mol. The van der Waals surface area contributed by atoms with Crippen LogP contribution in [0.3, 0.4) is 0 Å². The van der Waals surface area contributed by atoms with Crippen LogP contribution in [0.5, 0.6) is 0 Å². The molecule has 0 amide bonds. The molecule has 0 atom stereocenters. The third-order valence-electron chi connectivity index (χ3n) is 3.12. The molecule has 0 aromatic carbocycles. The van der Waals surface area contributed by atoms with Crippen LogP contribution < -0.4 is 10.6 Å². The first-order valence-corrected chi connectivity index (χ1v) is 8.42. The van der Waals surface area contributed by atoms with Gasteiger partial charge in [0, 0.05) is 24.5 Å².